The van der Waals surface area contributed by atoms with Gasteiger partial charge in [-0.3, -0.25) is 0 Å². The van der Waals surface area contributed by atoms with E-state index in [1.165, 1.54) is 6.08 Å². The number of carbonyl (C=O) groups is 1. The Labute approximate surface area is 136 Å². The minimum atomic E-state index is -0.366. The van der Waals surface area contributed by atoms with E-state index in [9.17, 15) is 4.79 Å². The van der Waals surface area contributed by atoms with E-state index in [0.29, 0.717) is 24.7 Å². The number of carbonyl (C=O) groups excluding carboxylic acids is 1. The Balaban J connectivity index is 2.10. The Bertz CT molecular complexity index is 662. The third-order valence-electron chi connectivity index (χ3n) is 3.12. The SMILES string of the molecule is CCOC(=O)C=Cc1ccc(OC)c(OCc2ccccc2)c1. The third-order valence-corrected chi connectivity index (χ3v) is 3.12. The zero-order valence-electron chi connectivity index (χ0n) is 13.3. The Morgan fingerprint density at radius 2 is 1.87 bits per heavy atom. The fraction of sp³-hybridized carbons (Fsp3) is 0.211. The van der Waals surface area contributed by atoms with Crippen LogP contribution in [0.1, 0.15) is 18.1 Å². The van der Waals surface area contributed by atoms with E-state index in [4.69, 9.17) is 14.2 Å². The number of methoxy groups -OCH3 is 1. The third kappa shape index (κ3) is 5.18. The highest BCUT2D eigenvalue weighted by Crippen LogP contribution is 2.29. The van der Waals surface area contributed by atoms with Gasteiger partial charge in [-0.05, 0) is 36.3 Å². The van der Waals surface area contributed by atoms with Gasteiger partial charge in [-0.2, -0.15) is 0 Å². The van der Waals surface area contributed by atoms with E-state index >= 15 is 0 Å². The van der Waals surface area contributed by atoms with Crippen molar-refractivity contribution in [2.24, 2.45) is 0 Å². The van der Waals surface area contributed by atoms with E-state index in [2.05, 4.69) is 0 Å². The molecule has 0 saturated carbocycles. The van der Waals surface area contributed by atoms with Gasteiger partial charge in [0.1, 0.15) is 6.61 Å². The van der Waals surface area contributed by atoms with Crippen molar-refractivity contribution in [3.63, 3.8) is 0 Å². The zero-order valence-corrected chi connectivity index (χ0v) is 13.3. The molecule has 2 aromatic carbocycles. The minimum absolute atomic E-state index is 0.358. The van der Waals surface area contributed by atoms with Crippen LogP contribution in [0, 0.1) is 0 Å². The first kappa shape index (κ1) is 16.6. The summed E-state index contributed by atoms with van der Waals surface area (Å²) >= 11 is 0. The second kappa shape index (κ2) is 8.63. The number of benzene rings is 2. The Hall–Kier alpha value is -2.75. The summed E-state index contributed by atoms with van der Waals surface area (Å²) < 4.78 is 16.0. The molecule has 0 fully saturated rings. The maximum atomic E-state index is 11.4. The Morgan fingerprint density at radius 1 is 1.09 bits per heavy atom. The van der Waals surface area contributed by atoms with Gasteiger partial charge in [-0.25, -0.2) is 4.79 Å². The molecule has 23 heavy (non-hydrogen) atoms. The number of hydrogen-bond donors (Lipinski definition) is 0. The van der Waals surface area contributed by atoms with Gasteiger partial charge >= 0.3 is 5.97 Å². The highest BCUT2D eigenvalue weighted by molar-refractivity contribution is 5.87. The van der Waals surface area contributed by atoms with Crippen LogP contribution in [0.25, 0.3) is 6.08 Å². The lowest BCUT2D eigenvalue weighted by Gasteiger charge is -2.11. The Morgan fingerprint density at radius 3 is 2.57 bits per heavy atom. The van der Waals surface area contributed by atoms with E-state index in [-0.39, 0.29) is 5.97 Å². The number of ether oxygens (including phenoxy) is 3. The van der Waals surface area contributed by atoms with Crippen LogP contribution in [0.2, 0.25) is 0 Å². The first-order valence-electron chi connectivity index (χ1n) is 7.42. The highest BCUT2D eigenvalue weighted by Gasteiger charge is 2.06. The van der Waals surface area contributed by atoms with Gasteiger partial charge in [0, 0.05) is 6.08 Å². The molecule has 0 spiro atoms. The molecule has 0 heterocycles. The average molecular weight is 312 g/mol. The maximum Gasteiger partial charge on any atom is 0.330 e. The van der Waals surface area contributed by atoms with Gasteiger partial charge < -0.3 is 14.2 Å². The molecule has 0 aromatic heterocycles. The van der Waals surface area contributed by atoms with E-state index in [0.717, 1.165) is 11.1 Å². The Kier molecular flexibility index (Phi) is 6.24. The lowest BCUT2D eigenvalue weighted by molar-refractivity contribution is -0.137. The second-order valence-electron chi connectivity index (χ2n) is 4.77. The highest BCUT2D eigenvalue weighted by atomic mass is 16.5. The monoisotopic (exact) mass is 312 g/mol. The molecule has 2 aromatic rings. The predicted octanol–water partition coefficient (Wildman–Crippen LogP) is 3.85. The van der Waals surface area contributed by atoms with Crippen molar-refractivity contribution in [1.82, 2.24) is 0 Å². The zero-order chi connectivity index (χ0) is 16.5. The first-order valence-corrected chi connectivity index (χ1v) is 7.42. The van der Waals surface area contributed by atoms with Crippen molar-refractivity contribution in [3.05, 3.63) is 65.7 Å². The summed E-state index contributed by atoms with van der Waals surface area (Å²) in [6, 6.07) is 15.4. The molecule has 0 amide bonds. The largest absolute Gasteiger partial charge is 0.493 e. The van der Waals surface area contributed by atoms with Crippen LogP contribution in [-0.4, -0.2) is 19.7 Å². The van der Waals surface area contributed by atoms with Crippen LogP contribution in [0.3, 0.4) is 0 Å². The lowest BCUT2D eigenvalue weighted by atomic mass is 10.2. The number of rotatable bonds is 7. The molecule has 0 aliphatic carbocycles. The summed E-state index contributed by atoms with van der Waals surface area (Å²) in [5.41, 5.74) is 1.91. The summed E-state index contributed by atoms with van der Waals surface area (Å²) in [6.07, 6.45) is 3.08. The number of esters is 1. The van der Waals surface area contributed by atoms with Gasteiger partial charge in [0.25, 0.3) is 0 Å². The van der Waals surface area contributed by atoms with Crippen molar-refractivity contribution in [2.75, 3.05) is 13.7 Å². The van der Waals surface area contributed by atoms with Crippen molar-refractivity contribution >= 4 is 12.0 Å². The van der Waals surface area contributed by atoms with Crippen LogP contribution in [-0.2, 0) is 16.1 Å². The van der Waals surface area contributed by atoms with Crippen molar-refractivity contribution < 1.29 is 19.0 Å². The molecule has 4 heteroatoms. The van der Waals surface area contributed by atoms with Gasteiger partial charge in [0.05, 0.1) is 13.7 Å². The molecule has 0 radical (unpaired) electrons. The van der Waals surface area contributed by atoms with Gasteiger partial charge in [0.2, 0.25) is 0 Å². The van der Waals surface area contributed by atoms with Crippen molar-refractivity contribution in [3.8, 4) is 11.5 Å². The summed E-state index contributed by atoms with van der Waals surface area (Å²) in [7, 11) is 1.60. The molecule has 0 N–H and O–H groups in total. The van der Waals surface area contributed by atoms with Crippen molar-refractivity contribution in [1.29, 1.82) is 0 Å². The molecule has 0 aliphatic heterocycles. The van der Waals surface area contributed by atoms with Crippen molar-refractivity contribution in [2.45, 2.75) is 13.5 Å². The summed E-state index contributed by atoms with van der Waals surface area (Å²) in [5.74, 6) is 0.909. The molecule has 0 aliphatic rings. The topological polar surface area (TPSA) is 44.8 Å². The molecule has 4 nitrogen and oxygen atoms in total. The fourth-order valence-corrected chi connectivity index (χ4v) is 2.00. The summed E-state index contributed by atoms with van der Waals surface area (Å²) in [6.45, 7) is 2.58. The van der Waals surface area contributed by atoms with Crippen LogP contribution in [0.15, 0.2) is 54.6 Å². The van der Waals surface area contributed by atoms with Gasteiger partial charge in [-0.1, -0.05) is 36.4 Å². The first-order chi connectivity index (χ1) is 11.2. The fourth-order valence-electron chi connectivity index (χ4n) is 2.00. The lowest BCUT2D eigenvalue weighted by Crippen LogP contribution is -1.99. The van der Waals surface area contributed by atoms with Crippen LogP contribution in [0.5, 0.6) is 11.5 Å². The molecule has 0 bridgehead atoms. The molecule has 0 atom stereocenters. The molecular formula is C19H20O4. The smallest absolute Gasteiger partial charge is 0.330 e. The average Bonchev–Trinajstić information content (AvgIpc) is 2.59. The maximum absolute atomic E-state index is 11.4. The van der Waals surface area contributed by atoms with Gasteiger partial charge in [0.15, 0.2) is 11.5 Å². The van der Waals surface area contributed by atoms with E-state index in [1.54, 1.807) is 20.1 Å². The van der Waals surface area contributed by atoms with Crippen LogP contribution >= 0.6 is 0 Å². The molecular weight excluding hydrogens is 292 g/mol. The quantitative estimate of drug-likeness (QED) is 0.575. The van der Waals surface area contributed by atoms with Crippen LogP contribution in [0.4, 0.5) is 0 Å². The number of hydrogen-bond acceptors (Lipinski definition) is 4. The summed E-state index contributed by atoms with van der Waals surface area (Å²) in [4.78, 5) is 11.4. The molecule has 2 rings (SSSR count). The van der Waals surface area contributed by atoms with E-state index in [1.807, 2.05) is 48.5 Å². The molecule has 0 unspecified atom stereocenters. The van der Waals surface area contributed by atoms with Crippen LogP contribution < -0.4 is 9.47 Å². The predicted molar refractivity (Wildman–Crippen MR) is 89.4 cm³/mol. The standard InChI is InChI=1S/C19H20O4/c1-3-22-19(20)12-10-15-9-11-17(21-2)18(13-15)23-14-16-7-5-4-6-8-16/h4-13H,3,14H2,1-2H3. The summed E-state index contributed by atoms with van der Waals surface area (Å²) in [5, 5.41) is 0. The molecule has 120 valence electrons. The second-order valence-corrected chi connectivity index (χ2v) is 4.77. The normalized spacial score (nSPS) is 10.5. The molecule has 0 saturated heterocycles. The van der Waals surface area contributed by atoms with Gasteiger partial charge in [-0.15, -0.1) is 0 Å². The van der Waals surface area contributed by atoms with E-state index < -0.39 is 0 Å². The minimum Gasteiger partial charge on any atom is -0.493 e.